The van der Waals surface area contributed by atoms with E-state index in [2.05, 4.69) is 4.98 Å². The number of fused-ring (bicyclic) bond motifs is 1. The molecule has 1 heterocycles. The molecule has 0 unspecified atom stereocenters. The van der Waals surface area contributed by atoms with E-state index in [-0.39, 0.29) is 11.4 Å². The van der Waals surface area contributed by atoms with E-state index < -0.39 is 5.82 Å². The molecule has 0 spiro atoms. The highest BCUT2D eigenvalue weighted by Crippen LogP contribution is 2.29. The van der Waals surface area contributed by atoms with E-state index in [0.717, 1.165) is 0 Å². The summed E-state index contributed by atoms with van der Waals surface area (Å²) in [6, 6.07) is 11.6. The summed E-state index contributed by atoms with van der Waals surface area (Å²) in [5.41, 5.74) is 1.60. The number of halogens is 3. The van der Waals surface area contributed by atoms with E-state index in [1.807, 2.05) is 6.07 Å². The Hall–Kier alpha value is -2.09. The van der Waals surface area contributed by atoms with Gasteiger partial charge in [0, 0.05) is 0 Å². The zero-order valence-electron chi connectivity index (χ0n) is 10.6. The van der Waals surface area contributed by atoms with E-state index in [0.29, 0.717) is 27.6 Å². The van der Waals surface area contributed by atoms with Gasteiger partial charge in [-0.05, 0) is 24.3 Å². The number of alkyl halides is 1. The van der Waals surface area contributed by atoms with E-state index in [4.69, 9.17) is 23.2 Å². The van der Waals surface area contributed by atoms with Gasteiger partial charge >= 0.3 is 0 Å². The maximum Gasteiger partial charge on any atom is 0.143 e. The van der Waals surface area contributed by atoms with Crippen molar-refractivity contribution in [3.05, 3.63) is 58.6 Å². The highest BCUT2D eigenvalue weighted by Gasteiger charge is 2.17. The van der Waals surface area contributed by atoms with Crippen molar-refractivity contribution in [1.82, 2.24) is 9.55 Å². The van der Waals surface area contributed by atoms with Crippen molar-refractivity contribution in [2.45, 2.75) is 5.88 Å². The third-order valence-electron chi connectivity index (χ3n) is 3.17. The lowest BCUT2D eigenvalue weighted by Gasteiger charge is -2.10. The first kappa shape index (κ1) is 13.9. The van der Waals surface area contributed by atoms with E-state index in [9.17, 15) is 9.65 Å². The second-order valence-electron chi connectivity index (χ2n) is 4.35. The first-order chi connectivity index (χ1) is 10.2. The summed E-state index contributed by atoms with van der Waals surface area (Å²) in [6.45, 7) is 0. The summed E-state index contributed by atoms with van der Waals surface area (Å²) in [5, 5.41) is 9.68. The van der Waals surface area contributed by atoms with Crippen LogP contribution >= 0.6 is 23.2 Å². The molecule has 0 aliphatic carbocycles. The molecule has 0 saturated heterocycles. The van der Waals surface area contributed by atoms with Crippen LogP contribution in [-0.2, 0) is 5.88 Å². The van der Waals surface area contributed by atoms with Gasteiger partial charge in [0.05, 0.1) is 22.1 Å². The van der Waals surface area contributed by atoms with Crippen molar-refractivity contribution >= 4 is 34.2 Å². The Balaban J connectivity index is 2.43. The lowest BCUT2D eigenvalue weighted by Crippen LogP contribution is -2.03. The van der Waals surface area contributed by atoms with Gasteiger partial charge in [-0.15, -0.1) is 11.6 Å². The van der Waals surface area contributed by atoms with Crippen LogP contribution in [0.25, 0.3) is 16.7 Å². The summed E-state index contributed by atoms with van der Waals surface area (Å²) < 4.78 is 15.5. The molecule has 104 valence electrons. The first-order valence-corrected chi connectivity index (χ1v) is 6.99. The minimum absolute atomic E-state index is 0.0526. The molecule has 21 heavy (non-hydrogen) atoms. The average molecular weight is 320 g/mol. The molecule has 2 aromatic carbocycles. The van der Waals surface area contributed by atoms with Gasteiger partial charge < -0.3 is 0 Å². The molecule has 0 bridgehead atoms. The molecule has 0 atom stereocenters. The Labute approximate surface area is 130 Å². The molecule has 0 aliphatic heterocycles. The Morgan fingerprint density at radius 2 is 2.00 bits per heavy atom. The number of benzene rings is 2. The number of para-hydroxylation sites is 1. The highest BCUT2D eigenvalue weighted by molar-refractivity contribution is 6.35. The number of aromatic nitrogens is 2. The van der Waals surface area contributed by atoms with Crippen molar-refractivity contribution in [1.29, 1.82) is 5.26 Å². The number of nitriles is 1. The van der Waals surface area contributed by atoms with Crippen molar-refractivity contribution < 1.29 is 4.39 Å². The third kappa shape index (κ3) is 2.15. The van der Waals surface area contributed by atoms with Gasteiger partial charge in [0.2, 0.25) is 0 Å². The molecule has 0 saturated carbocycles. The predicted molar refractivity (Wildman–Crippen MR) is 80.3 cm³/mol. The Morgan fingerprint density at radius 3 is 2.71 bits per heavy atom. The van der Waals surface area contributed by atoms with Crippen LogP contribution in [0.4, 0.5) is 4.39 Å². The van der Waals surface area contributed by atoms with Crippen LogP contribution in [0.15, 0.2) is 36.4 Å². The molecular weight excluding hydrogens is 312 g/mol. The van der Waals surface area contributed by atoms with E-state index in [1.54, 1.807) is 34.9 Å². The van der Waals surface area contributed by atoms with Crippen LogP contribution in [-0.4, -0.2) is 9.55 Å². The number of hydrogen-bond acceptors (Lipinski definition) is 2. The second kappa shape index (κ2) is 5.36. The lowest BCUT2D eigenvalue weighted by molar-refractivity contribution is 0.622. The molecule has 0 fully saturated rings. The standard InChI is InChI=1S/C15H8Cl2FN3/c16-7-14-20-15-10(17)3-1-6-13(15)21(14)12-5-2-4-11(18)9(12)8-19/h1-6H,7H2. The SMILES string of the molecule is N#Cc1c(F)cccc1-n1c(CCl)nc2c(Cl)cccc21. The number of rotatable bonds is 2. The molecule has 6 heteroatoms. The second-order valence-corrected chi connectivity index (χ2v) is 5.02. The Bertz CT molecular complexity index is 880. The zero-order valence-corrected chi connectivity index (χ0v) is 12.2. The fourth-order valence-electron chi connectivity index (χ4n) is 2.28. The average Bonchev–Trinajstić information content (AvgIpc) is 2.87. The summed E-state index contributed by atoms with van der Waals surface area (Å²) in [5.74, 6) is 0.0353. The summed E-state index contributed by atoms with van der Waals surface area (Å²) >= 11 is 12.1. The smallest absolute Gasteiger partial charge is 0.143 e. The van der Waals surface area contributed by atoms with Gasteiger partial charge in [0.25, 0.3) is 0 Å². The fraction of sp³-hybridized carbons (Fsp3) is 0.0667. The number of nitrogens with zero attached hydrogens (tertiary/aromatic N) is 3. The van der Waals surface area contributed by atoms with Crippen LogP contribution in [0.2, 0.25) is 5.02 Å². The van der Waals surface area contributed by atoms with Gasteiger partial charge in [0.1, 0.15) is 28.8 Å². The predicted octanol–water partition coefficient (Wildman–Crippen LogP) is 4.43. The maximum atomic E-state index is 13.8. The van der Waals surface area contributed by atoms with Gasteiger partial charge in [-0.1, -0.05) is 23.7 Å². The molecule has 0 N–H and O–H groups in total. The summed E-state index contributed by atoms with van der Waals surface area (Å²) in [7, 11) is 0. The van der Waals surface area contributed by atoms with Crippen molar-refractivity contribution in [3.63, 3.8) is 0 Å². The van der Waals surface area contributed by atoms with Crippen LogP contribution in [0, 0.1) is 17.1 Å². The van der Waals surface area contributed by atoms with Crippen LogP contribution < -0.4 is 0 Å². The van der Waals surface area contributed by atoms with Gasteiger partial charge in [-0.3, -0.25) is 4.57 Å². The maximum absolute atomic E-state index is 13.8. The largest absolute Gasteiger partial charge is 0.294 e. The molecule has 3 aromatic rings. The van der Waals surface area contributed by atoms with Gasteiger partial charge in [-0.25, -0.2) is 9.37 Å². The van der Waals surface area contributed by atoms with Crippen molar-refractivity contribution in [3.8, 4) is 11.8 Å². The van der Waals surface area contributed by atoms with Crippen molar-refractivity contribution in [2.75, 3.05) is 0 Å². The highest BCUT2D eigenvalue weighted by atomic mass is 35.5. The molecular formula is C15H8Cl2FN3. The monoisotopic (exact) mass is 319 g/mol. The quantitative estimate of drug-likeness (QED) is 0.656. The normalized spacial score (nSPS) is 10.8. The molecule has 0 aliphatic rings. The number of hydrogen-bond donors (Lipinski definition) is 0. The molecule has 3 rings (SSSR count). The number of imidazole rings is 1. The fourth-order valence-corrected chi connectivity index (χ4v) is 2.67. The molecule has 3 nitrogen and oxygen atoms in total. The van der Waals surface area contributed by atoms with Crippen LogP contribution in [0.3, 0.4) is 0 Å². The van der Waals surface area contributed by atoms with Crippen molar-refractivity contribution in [2.24, 2.45) is 0 Å². The minimum atomic E-state index is -0.584. The lowest BCUT2D eigenvalue weighted by atomic mass is 10.1. The van der Waals surface area contributed by atoms with Gasteiger partial charge in [-0.2, -0.15) is 5.26 Å². The minimum Gasteiger partial charge on any atom is -0.294 e. The Morgan fingerprint density at radius 1 is 1.24 bits per heavy atom. The van der Waals surface area contributed by atoms with Gasteiger partial charge in [0.15, 0.2) is 0 Å². The zero-order chi connectivity index (χ0) is 15.0. The molecule has 0 amide bonds. The first-order valence-electron chi connectivity index (χ1n) is 6.08. The molecule has 0 radical (unpaired) electrons. The summed E-state index contributed by atoms with van der Waals surface area (Å²) in [6.07, 6.45) is 0. The topological polar surface area (TPSA) is 41.6 Å². The van der Waals surface area contributed by atoms with Crippen LogP contribution in [0.5, 0.6) is 0 Å². The third-order valence-corrected chi connectivity index (χ3v) is 3.71. The van der Waals surface area contributed by atoms with E-state index in [1.165, 1.54) is 6.07 Å². The van der Waals surface area contributed by atoms with E-state index >= 15 is 0 Å². The molecule has 1 aromatic heterocycles. The summed E-state index contributed by atoms with van der Waals surface area (Å²) in [4.78, 5) is 4.38. The Kier molecular flexibility index (Phi) is 3.54. The van der Waals surface area contributed by atoms with Crippen LogP contribution in [0.1, 0.15) is 11.4 Å².